The molecule has 30 heavy (non-hydrogen) atoms. The van der Waals surface area contributed by atoms with E-state index in [1.54, 1.807) is 24.8 Å². The number of aromatic nitrogens is 3. The summed E-state index contributed by atoms with van der Waals surface area (Å²) < 4.78 is 7.43. The Morgan fingerprint density at radius 2 is 1.93 bits per heavy atom. The van der Waals surface area contributed by atoms with Crippen molar-refractivity contribution in [3.05, 3.63) is 76.9 Å². The van der Waals surface area contributed by atoms with E-state index in [1.807, 2.05) is 74.0 Å². The summed E-state index contributed by atoms with van der Waals surface area (Å²) in [5.74, 6) is 0.469. The number of hydrogen-bond acceptors (Lipinski definition) is 5. The van der Waals surface area contributed by atoms with E-state index in [9.17, 15) is 4.79 Å². The van der Waals surface area contributed by atoms with Crippen molar-refractivity contribution in [2.45, 2.75) is 20.8 Å². The fourth-order valence-corrected chi connectivity index (χ4v) is 4.34. The highest BCUT2D eigenvalue weighted by Gasteiger charge is 2.17. The van der Waals surface area contributed by atoms with Gasteiger partial charge in [0.2, 0.25) is 0 Å². The first-order valence-corrected chi connectivity index (χ1v) is 10.3. The van der Waals surface area contributed by atoms with Crippen molar-refractivity contribution in [3.8, 4) is 21.9 Å². The van der Waals surface area contributed by atoms with Gasteiger partial charge >= 0.3 is 0 Å². The van der Waals surface area contributed by atoms with Crippen LogP contribution in [0.25, 0.3) is 16.1 Å². The molecule has 0 aliphatic carbocycles. The van der Waals surface area contributed by atoms with Gasteiger partial charge < -0.3 is 14.6 Å². The maximum absolute atomic E-state index is 13.1. The Morgan fingerprint density at radius 1 is 1.13 bits per heavy atom. The lowest BCUT2D eigenvalue weighted by Crippen LogP contribution is -2.13. The van der Waals surface area contributed by atoms with Crippen LogP contribution in [-0.4, -0.2) is 27.6 Å². The zero-order valence-corrected chi connectivity index (χ0v) is 18.1. The van der Waals surface area contributed by atoms with Crippen LogP contribution in [0.15, 0.2) is 55.0 Å². The number of carbonyl (C=O) groups is 1. The van der Waals surface area contributed by atoms with Gasteiger partial charge in [0, 0.05) is 29.1 Å². The normalized spacial score (nSPS) is 10.8. The van der Waals surface area contributed by atoms with E-state index in [4.69, 9.17) is 4.74 Å². The third-order valence-electron chi connectivity index (χ3n) is 4.75. The largest absolute Gasteiger partial charge is 0.494 e. The molecule has 6 nitrogen and oxygen atoms in total. The topological polar surface area (TPSA) is 69.0 Å². The smallest absolute Gasteiger partial charge is 0.256 e. The van der Waals surface area contributed by atoms with Crippen molar-refractivity contribution in [3.63, 3.8) is 0 Å². The minimum Gasteiger partial charge on any atom is -0.494 e. The number of amides is 1. The molecule has 0 radical (unpaired) electrons. The Morgan fingerprint density at radius 3 is 2.60 bits per heavy atom. The van der Waals surface area contributed by atoms with Gasteiger partial charge in [0.1, 0.15) is 5.75 Å². The minimum atomic E-state index is -0.177. The molecule has 0 bridgehead atoms. The monoisotopic (exact) mass is 418 g/mol. The highest BCUT2D eigenvalue weighted by atomic mass is 32.1. The number of anilines is 1. The number of ether oxygens (including phenoxy) is 1. The lowest BCUT2D eigenvalue weighted by atomic mass is 10.0. The Labute approximate surface area is 179 Å². The van der Waals surface area contributed by atoms with Crippen LogP contribution in [0.1, 0.15) is 26.8 Å². The Kier molecular flexibility index (Phi) is 5.37. The average Bonchev–Trinajstić information content (AvgIpc) is 3.32. The average molecular weight is 419 g/mol. The first-order chi connectivity index (χ1) is 14.5. The van der Waals surface area contributed by atoms with E-state index in [-0.39, 0.29) is 5.91 Å². The number of imidazole rings is 1. The molecule has 4 rings (SSSR count). The van der Waals surface area contributed by atoms with E-state index in [2.05, 4.69) is 15.3 Å². The standard InChI is InChI=1S/C23H22N4O2S/c1-14-12-27(13-24-14)20-10-9-17(11-21(20)29-4)26-23(28)19-8-6-5-7-18(19)22-15(2)25-16(3)30-22/h5-13H,1-4H3,(H,26,28). The summed E-state index contributed by atoms with van der Waals surface area (Å²) in [6.07, 6.45) is 3.66. The molecule has 1 N–H and O–H groups in total. The van der Waals surface area contributed by atoms with E-state index in [1.165, 1.54) is 0 Å². The van der Waals surface area contributed by atoms with Crippen molar-refractivity contribution in [2.24, 2.45) is 0 Å². The number of thiazole rings is 1. The number of hydrogen-bond donors (Lipinski definition) is 1. The number of rotatable bonds is 5. The number of benzene rings is 2. The van der Waals surface area contributed by atoms with E-state index in [0.29, 0.717) is 17.0 Å². The van der Waals surface area contributed by atoms with Gasteiger partial charge in [-0.15, -0.1) is 11.3 Å². The molecule has 2 aromatic heterocycles. The molecule has 0 aliphatic rings. The van der Waals surface area contributed by atoms with Crippen LogP contribution >= 0.6 is 11.3 Å². The molecular formula is C23H22N4O2S. The summed E-state index contributed by atoms with van der Waals surface area (Å²) in [7, 11) is 1.61. The molecule has 0 aliphatic heterocycles. The predicted molar refractivity (Wildman–Crippen MR) is 120 cm³/mol. The van der Waals surface area contributed by atoms with Crippen LogP contribution in [-0.2, 0) is 0 Å². The molecule has 0 atom stereocenters. The van der Waals surface area contributed by atoms with Crippen LogP contribution in [0.2, 0.25) is 0 Å². The predicted octanol–water partition coefficient (Wildman–Crippen LogP) is 5.18. The summed E-state index contributed by atoms with van der Waals surface area (Å²) in [6, 6.07) is 13.2. The molecule has 0 spiro atoms. The molecule has 0 saturated heterocycles. The van der Waals surface area contributed by atoms with Crippen LogP contribution < -0.4 is 10.1 Å². The van der Waals surface area contributed by atoms with Crippen molar-refractivity contribution in [1.82, 2.24) is 14.5 Å². The quantitative estimate of drug-likeness (QED) is 0.485. The van der Waals surface area contributed by atoms with E-state index in [0.717, 1.165) is 32.5 Å². The molecule has 7 heteroatoms. The van der Waals surface area contributed by atoms with Crippen molar-refractivity contribution in [2.75, 3.05) is 12.4 Å². The van der Waals surface area contributed by atoms with Gasteiger partial charge in [-0.2, -0.15) is 0 Å². The van der Waals surface area contributed by atoms with Crippen LogP contribution in [0.5, 0.6) is 5.75 Å². The second-order valence-electron chi connectivity index (χ2n) is 6.96. The number of carbonyl (C=O) groups excluding carboxylic acids is 1. The summed E-state index contributed by atoms with van der Waals surface area (Å²) in [5.41, 5.74) is 4.85. The lowest BCUT2D eigenvalue weighted by molar-refractivity contribution is 0.102. The summed E-state index contributed by atoms with van der Waals surface area (Å²) in [4.78, 5) is 22.9. The van der Waals surface area contributed by atoms with Crippen LogP contribution in [0, 0.1) is 20.8 Å². The van der Waals surface area contributed by atoms with Crippen molar-refractivity contribution < 1.29 is 9.53 Å². The Hall–Kier alpha value is -3.45. The van der Waals surface area contributed by atoms with Crippen molar-refractivity contribution >= 4 is 22.9 Å². The minimum absolute atomic E-state index is 0.177. The zero-order chi connectivity index (χ0) is 21.3. The molecule has 152 valence electrons. The summed E-state index contributed by atoms with van der Waals surface area (Å²) in [5, 5.41) is 3.97. The highest BCUT2D eigenvalue weighted by molar-refractivity contribution is 7.15. The van der Waals surface area contributed by atoms with E-state index >= 15 is 0 Å². The first kappa shape index (κ1) is 19.8. The second kappa shape index (κ2) is 8.12. The first-order valence-electron chi connectivity index (χ1n) is 9.50. The van der Waals surface area contributed by atoms with Gasteiger partial charge in [0.05, 0.1) is 40.4 Å². The van der Waals surface area contributed by atoms with Crippen LogP contribution in [0.3, 0.4) is 0 Å². The molecule has 2 heterocycles. The van der Waals surface area contributed by atoms with Crippen LogP contribution in [0.4, 0.5) is 5.69 Å². The van der Waals surface area contributed by atoms with Gasteiger partial charge in [0.15, 0.2) is 0 Å². The maximum atomic E-state index is 13.1. The lowest BCUT2D eigenvalue weighted by Gasteiger charge is -2.13. The fraction of sp³-hybridized carbons (Fsp3) is 0.174. The van der Waals surface area contributed by atoms with Gasteiger partial charge in [-0.25, -0.2) is 9.97 Å². The zero-order valence-electron chi connectivity index (χ0n) is 17.3. The SMILES string of the molecule is COc1cc(NC(=O)c2ccccc2-c2sc(C)nc2C)ccc1-n1cnc(C)c1. The molecule has 1 amide bonds. The molecule has 0 unspecified atom stereocenters. The van der Waals surface area contributed by atoms with Gasteiger partial charge in [-0.3, -0.25) is 4.79 Å². The van der Waals surface area contributed by atoms with Gasteiger partial charge in [0.25, 0.3) is 5.91 Å². The Balaban J connectivity index is 1.64. The number of nitrogens with zero attached hydrogens (tertiary/aromatic N) is 3. The summed E-state index contributed by atoms with van der Waals surface area (Å²) in [6.45, 7) is 5.87. The molecule has 2 aromatic carbocycles. The number of nitrogens with one attached hydrogen (secondary N) is 1. The number of aryl methyl sites for hydroxylation is 3. The van der Waals surface area contributed by atoms with E-state index < -0.39 is 0 Å². The number of methoxy groups -OCH3 is 1. The third kappa shape index (κ3) is 3.84. The van der Waals surface area contributed by atoms with Crippen molar-refractivity contribution in [1.29, 1.82) is 0 Å². The second-order valence-corrected chi connectivity index (χ2v) is 8.16. The maximum Gasteiger partial charge on any atom is 0.256 e. The molecule has 0 saturated carbocycles. The Bertz CT molecular complexity index is 1230. The van der Waals surface area contributed by atoms with Gasteiger partial charge in [-0.1, -0.05) is 18.2 Å². The fourth-order valence-electron chi connectivity index (χ4n) is 3.38. The third-order valence-corrected chi connectivity index (χ3v) is 5.85. The molecular weight excluding hydrogens is 396 g/mol. The molecule has 4 aromatic rings. The highest BCUT2D eigenvalue weighted by Crippen LogP contribution is 2.33. The summed E-state index contributed by atoms with van der Waals surface area (Å²) >= 11 is 1.59. The van der Waals surface area contributed by atoms with Gasteiger partial charge in [-0.05, 0) is 39.0 Å². The molecule has 0 fully saturated rings.